The number of hydrogen-bond acceptors (Lipinski definition) is 6. The monoisotopic (exact) mass is 451 g/mol. The Balaban J connectivity index is 1.37. The van der Waals surface area contributed by atoms with Gasteiger partial charge in [0.05, 0.1) is 22.0 Å². The van der Waals surface area contributed by atoms with Crippen LogP contribution >= 0.6 is 27.3 Å². The third-order valence-corrected chi connectivity index (χ3v) is 5.25. The van der Waals surface area contributed by atoms with Gasteiger partial charge in [-0.15, -0.1) is 0 Å². The summed E-state index contributed by atoms with van der Waals surface area (Å²) in [5.74, 6) is 0.0708. The molecule has 3 aromatic carbocycles. The highest BCUT2D eigenvalue weighted by Gasteiger charge is 2.08. The first-order chi connectivity index (χ1) is 13.7. The molecular formula is C21H14BrN3O2S. The topological polar surface area (TPSA) is 63.6 Å². The van der Waals surface area contributed by atoms with E-state index in [4.69, 9.17) is 4.74 Å². The number of anilines is 1. The number of ether oxygens (including phenoxy) is 1. The van der Waals surface area contributed by atoms with Crippen molar-refractivity contribution in [1.82, 2.24) is 4.98 Å². The number of aromatic nitrogens is 1. The summed E-state index contributed by atoms with van der Waals surface area (Å²) in [5.41, 5.74) is 5.25. The summed E-state index contributed by atoms with van der Waals surface area (Å²) in [7, 11) is 0. The zero-order chi connectivity index (χ0) is 19.3. The second-order valence-corrected chi connectivity index (χ2v) is 7.77. The van der Waals surface area contributed by atoms with E-state index in [9.17, 15) is 4.79 Å². The lowest BCUT2D eigenvalue weighted by Gasteiger charge is -2.05. The maximum atomic E-state index is 12.2. The number of para-hydroxylation sites is 1. The van der Waals surface area contributed by atoms with Gasteiger partial charge in [0.25, 0.3) is 0 Å². The number of rotatable bonds is 5. The molecule has 7 heteroatoms. The number of hydrazone groups is 1. The molecule has 4 rings (SSSR count). The largest absolute Gasteiger partial charge is 0.423 e. The molecule has 138 valence electrons. The van der Waals surface area contributed by atoms with E-state index in [1.807, 2.05) is 42.5 Å². The molecule has 0 aliphatic carbocycles. The van der Waals surface area contributed by atoms with Gasteiger partial charge in [0.2, 0.25) is 5.13 Å². The van der Waals surface area contributed by atoms with Crippen LogP contribution < -0.4 is 10.2 Å². The molecule has 0 unspecified atom stereocenters. The Morgan fingerprint density at radius 3 is 2.68 bits per heavy atom. The fourth-order valence-corrected chi connectivity index (χ4v) is 3.70. The first-order valence-corrected chi connectivity index (χ1v) is 10.0. The van der Waals surface area contributed by atoms with Crippen molar-refractivity contribution in [2.45, 2.75) is 0 Å². The highest BCUT2D eigenvalue weighted by molar-refractivity contribution is 9.10. The highest BCUT2D eigenvalue weighted by atomic mass is 79.9. The molecule has 0 atom stereocenters. The minimum absolute atomic E-state index is 0.403. The number of thiazole rings is 1. The van der Waals surface area contributed by atoms with E-state index in [2.05, 4.69) is 31.4 Å². The number of esters is 1. The van der Waals surface area contributed by atoms with Gasteiger partial charge < -0.3 is 4.74 Å². The van der Waals surface area contributed by atoms with Crippen molar-refractivity contribution in [2.75, 3.05) is 5.43 Å². The van der Waals surface area contributed by atoms with E-state index >= 15 is 0 Å². The second-order valence-electron chi connectivity index (χ2n) is 5.83. The summed E-state index contributed by atoms with van der Waals surface area (Å²) in [4.78, 5) is 16.6. The molecule has 0 spiro atoms. The van der Waals surface area contributed by atoms with E-state index in [0.29, 0.717) is 11.3 Å². The number of nitrogens with one attached hydrogen (secondary N) is 1. The minimum atomic E-state index is -0.403. The number of benzene rings is 3. The Hall–Kier alpha value is -3.03. The Labute approximate surface area is 173 Å². The standard InChI is InChI=1S/C21H14BrN3O2S/c22-16-5-3-4-15(12-16)20(26)27-17-10-8-14(9-11-17)13-23-25-21-24-18-6-1-2-7-19(18)28-21/h1-13H,(H,24,25)/b23-13-. The van der Waals surface area contributed by atoms with Crippen molar-refractivity contribution in [1.29, 1.82) is 0 Å². The summed E-state index contributed by atoms with van der Waals surface area (Å²) < 4.78 is 7.33. The van der Waals surface area contributed by atoms with Crippen LogP contribution in [0.4, 0.5) is 5.13 Å². The van der Waals surface area contributed by atoms with Crippen molar-refractivity contribution < 1.29 is 9.53 Å². The van der Waals surface area contributed by atoms with Gasteiger partial charge in [-0.05, 0) is 60.2 Å². The Morgan fingerprint density at radius 2 is 1.89 bits per heavy atom. The predicted molar refractivity (Wildman–Crippen MR) is 116 cm³/mol. The molecule has 28 heavy (non-hydrogen) atoms. The average Bonchev–Trinajstić information content (AvgIpc) is 3.12. The Kier molecular flexibility index (Phi) is 5.45. The third kappa shape index (κ3) is 4.44. The number of carbonyl (C=O) groups is 1. The maximum absolute atomic E-state index is 12.2. The third-order valence-electron chi connectivity index (χ3n) is 3.82. The predicted octanol–water partition coefficient (Wildman–Crippen LogP) is 5.72. The van der Waals surface area contributed by atoms with Crippen LogP contribution in [-0.4, -0.2) is 17.2 Å². The van der Waals surface area contributed by atoms with Gasteiger partial charge >= 0.3 is 5.97 Å². The lowest BCUT2D eigenvalue weighted by molar-refractivity contribution is 0.0734. The zero-order valence-electron chi connectivity index (χ0n) is 14.5. The minimum Gasteiger partial charge on any atom is -0.423 e. The molecular weight excluding hydrogens is 438 g/mol. The van der Waals surface area contributed by atoms with Gasteiger partial charge in [-0.2, -0.15) is 5.10 Å². The molecule has 1 aromatic heterocycles. The van der Waals surface area contributed by atoms with Crippen LogP contribution in [-0.2, 0) is 0 Å². The average molecular weight is 452 g/mol. The van der Waals surface area contributed by atoms with E-state index in [1.54, 1.807) is 47.9 Å². The van der Waals surface area contributed by atoms with Crippen LogP contribution in [0.15, 0.2) is 82.4 Å². The van der Waals surface area contributed by atoms with Crippen molar-refractivity contribution in [3.05, 3.63) is 88.4 Å². The van der Waals surface area contributed by atoms with Gasteiger partial charge in [0, 0.05) is 4.47 Å². The molecule has 0 aliphatic rings. The van der Waals surface area contributed by atoms with Crippen molar-refractivity contribution in [3.8, 4) is 5.75 Å². The SMILES string of the molecule is O=C(Oc1ccc(/C=N\Nc2nc3ccccc3s2)cc1)c1cccc(Br)c1. The van der Waals surface area contributed by atoms with Gasteiger partial charge in [-0.25, -0.2) is 9.78 Å². The lowest BCUT2D eigenvalue weighted by Crippen LogP contribution is -2.08. The molecule has 0 bridgehead atoms. The molecule has 1 N–H and O–H groups in total. The first kappa shape index (κ1) is 18.3. The van der Waals surface area contributed by atoms with Crippen molar-refractivity contribution in [2.24, 2.45) is 5.10 Å². The summed E-state index contributed by atoms with van der Waals surface area (Å²) in [5, 5.41) is 4.95. The number of halogens is 1. The summed E-state index contributed by atoms with van der Waals surface area (Å²) >= 11 is 4.89. The number of nitrogens with zero attached hydrogens (tertiary/aromatic N) is 2. The lowest BCUT2D eigenvalue weighted by atomic mass is 10.2. The summed E-state index contributed by atoms with van der Waals surface area (Å²) in [6, 6.07) is 22.1. The Bertz CT molecular complexity index is 1120. The van der Waals surface area contributed by atoms with Crippen LogP contribution in [0.3, 0.4) is 0 Å². The summed E-state index contributed by atoms with van der Waals surface area (Å²) in [6.45, 7) is 0. The zero-order valence-corrected chi connectivity index (χ0v) is 16.9. The molecule has 0 aliphatic heterocycles. The van der Waals surface area contributed by atoms with Gasteiger partial charge in [0.1, 0.15) is 5.75 Å². The van der Waals surface area contributed by atoms with E-state index in [1.165, 1.54) is 0 Å². The van der Waals surface area contributed by atoms with Crippen molar-refractivity contribution >= 4 is 54.8 Å². The normalized spacial score (nSPS) is 11.0. The van der Waals surface area contributed by atoms with Crippen LogP contribution in [0.5, 0.6) is 5.75 Å². The molecule has 0 saturated carbocycles. The van der Waals surface area contributed by atoms with Gasteiger partial charge in [-0.3, -0.25) is 5.43 Å². The fraction of sp³-hybridized carbons (Fsp3) is 0. The second kappa shape index (κ2) is 8.33. The molecule has 5 nitrogen and oxygen atoms in total. The molecule has 0 radical (unpaired) electrons. The molecule has 0 amide bonds. The van der Waals surface area contributed by atoms with Crippen molar-refractivity contribution in [3.63, 3.8) is 0 Å². The van der Waals surface area contributed by atoms with Crippen LogP contribution in [0.2, 0.25) is 0 Å². The number of hydrogen-bond donors (Lipinski definition) is 1. The van der Waals surface area contributed by atoms with E-state index in [0.717, 1.165) is 25.4 Å². The summed E-state index contributed by atoms with van der Waals surface area (Å²) in [6.07, 6.45) is 1.69. The van der Waals surface area contributed by atoms with Crippen LogP contribution in [0, 0.1) is 0 Å². The Morgan fingerprint density at radius 1 is 1.07 bits per heavy atom. The van der Waals surface area contributed by atoms with Gasteiger partial charge in [-0.1, -0.05) is 45.5 Å². The van der Waals surface area contributed by atoms with Crippen LogP contribution in [0.1, 0.15) is 15.9 Å². The molecule has 0 fully saturated rings. The van der Waals surface area contributed by atoms with Gasteiger partial charge in [0.15, 0.2) is 0 Å². The molecule has 0 saturated heterocycles. The smallest absolute Gasteiger partial charge is 0.343 e. The number of carbonyl (C=O) groups excluding carboxylic acids is 1. The molecule has 4 aromatic rings. The van der Waals surface area contributed by atoms with E-state index < -0.39 is 5.97 Å². The quantitative estimate of drug-likeness (QED) is 0.182. The highest BCUT2D eigenvalue weighted by Crippen LogP contribution is 2.25. The maximum Gasteiger partial charge on any atom is 0.343 e. The first-order valence-electron chi connectivity index (χ1n) is 8.40. The van der Waals surface area contributed by atoms with Crippen LogP contribution in [0.25, 0.3) is 10.2 Å². The number of fused-ring (bicyclic) bond motifs is 1. The molecule has 1 heterocycles. The fourth-order valence-electron chi connectivity index (χ4n) is 2.49. The van der Waals surface area contributed by atoms with E-state index in [-0.39, 0.29) is 0 Å².